The largest absolute Gasteiger partial charge is 0.457 e. The molecule has 2 aliphatic heterocycles. The number of ether oxygens (including phenoxy) is 1. The zero-order chi connectivity index (χ0) is 21.1. The summed E-state index contributed by atoms with van der Waals surface area (Å²) in [6, 6.07) is 11.8. The molecule has 0 saturated carbocycles. The third-order valence-electron chi connectivity index (χ3n) is 6.07. The number of rotatable bonds is 5. The smallest absolute Gasteiger partial charge is 0.256 e. The monoisotopic (exact) mass is 411 g/mol. The Morgan fingerprint density at radius 2 is 1.83 bits per heavy atom. The summed E-state index contributed by atoms with van der Waals surface area (Å²) in [6.45, 7) is 2.27. The Labute approximate surface area is 175 Å². The third kappa shape index (κ3) is 4.31. The summed E-state index contributed by atoms with van der Waals surface area (Å²) in [5, 5.41) is 2.88. The van der Waals surface area contributed by atoms with Crippen LogP contribution in [0.1, 0.15) is 35.2 Å². The second-order valence-electron chi connectivity index (χ2n) is 8.17. The van der Waals surface area contributed by atoms with E-state index in [2.05, 4.69) is 5.32 Å². The maximum atomic E-state index is 14.4. The van der Waals surface area contributed by atoms with Crippen LogP contribution in [0, 0.1) is 11.2 Å². The molecule has 7 heteroatoms. The molecule has 0 atom stereocenters. The Balaban J connectivity index is 1.44. The highest BCUT2D eigenvalue weighted by Crippen LogP contribution is 2.38. The van der Waals surface area contributed by atoms with Crippen molar-refractivity contribution in [3.05, 3.63) is 59.4 Å². The Morgan fingerprint density at radius 3 is 2.47 bits per heavy atom. The summed E-state index contributed by atoms with van der Waals surface area (Å²) in [4.78, 5) is 26.2. The van der Waals surface area contributed by atoms with Crippen LogP contribution in [0.15, 0.2) is 42.5 Å². The standard InChI is InChI=1S/C23H26FN3O3/c24-20-6-5-18(30-17-3-1-16(2-4-17)7-10-25)13-19(20)22(29)27-11-8-23(9-12-27)14-21(28)26-15-23/h1-6,13H,7-12,14-15,25H2,(H,26,28). The fraction of sp³-hybridized carbons (Fsp3) is 0.391. The van der Waals surface area contributed by atoms with Crippen molar-refractivity contribution in [2.75, 3.05) is 26.2 Å². The van der Waals surface area contributed by atoms with Gasteiger partial charge in [-0.3, -0.25) is 9.59 Å². The van der Waals surface area contributed by atoms with Crippen LogP contribution in [0.25, 0.3) is 0 Å². The fourth-order valence-corrected chi connectivity index (χ4v) is 4.22. The molecule has 2 aromatic carbocycles. The van der Waals surface area contributed by atoms with Crippen molar-refractivity contribution in [2.45, 2.75) is 25.7 Å². The number of carbonyl (C=O) groups is 2. The maximum absolute atomic E-state index is 14.4. The van der Waals surface area contributed by atoms with Gasteiger partial charge in [-0.1, -0.05) is 12.1 Å². The van der Waals surface area contributed by atoms with Crippen LogP contribution in [0.3, 0.4) is 0 Å². The van der Waals surface area contributed by atoms with Gasteiger partial charge in [0.25, 0.3) is 5.91 Å². The average Bonchev–Trinajstić information content (AvgIpc) is 3.11. The summed E-state index contributed by atoms with van der Waals surface area (Å²) < 4.78 is 20.2. The number of halogens is 1. The number of hydrogen-bond acceptors (Lipinski definition) is 4. The van der Waals surface area contributed by atoms with E-state index in [4.69, 9.17) is 10.5 Å². The van der Waals surface area contributed by atoms with Crippen molar-refractivity contribution < 1.29 is 18.7 Å². The third-order valence-corrected chi connectivity index (χ3v) is 6.07. The molecule has 0 bridgehead atoms. The van der Waals surface area contributed by atoms with Crippen LogP contribution in [0.5, 0.6) is 11.5 Å². The van der Waals surface area contributed by atoms with Gasteiger partial charge in [0.15, 0.2) is 0 Å². The minimum Gasteiger partial charge on any atom is -0.457 e. The normalized spacial score (nSPS) is 17.8. The van der Waals surface area contributed by atoms with Crippen molar-refractivity contribution in [2.24, 2.45) is 11.1 Å². The number of nitrogens with two attached hydrogens (primary N) is 1. The van der Waals surface area contributed by atoms with E-state index >= 15 is 0 Å². The molecule has 2 amide bonds. The summed E-state index contributed by atoms with van der Waals surface area (Å²) in [5.74, 6) is 0.179. The molecule has 0 aliphatic carbocycles. The lowest BCUT2D eigenvalue weighted by Gasteiger charge is -2.38. The van der Waals surface area contributed by atoms with Crippen LogP contribution < -0.4 is 15.8 Å². The highest BCUT2D eigenvalue weighted by molar-refractivity contribution is 5.95. The molecule has 30 heavy (non-hydrogen) atoms. The van der Waals surface area contributed by atoms with Crippen LogP contribution in [0.2, 0.25) is 0 Å². The quantitative estimate of drug-likeness (QED) is 0.792. The van der Waals surface area contributed by atoms with Gasteiger partial charge in [-0.2, -0.15) is 0 Å². The van der Waals surface area contributed by atoms with E-state index in [-0.39, 0.29) is 22.8 Å². The highest BCUT2D eigenvalue weighted by atomic mass is 19.1. The van der Waals surface area contributed by atoms with Gasteiger partial charge in [0.1, 0.15) is 17.3 Å². The molecule has 158 valence electrons. The van der Waals surface area contributed by atoms with Crippen LogP contribution in [-0.4, -0.2) is 42.9 Å². The van der Waals surface area contributed by atoms with Gasteiger partial charge >= 0.3 is 0 Å². The minimum atomic E-state index is -0.566. The molecule has 4 rings (SSSR count). The van der Waals surface area contributed by atoms with Crippen molar-refractivity contribution in [1.29, 1.82) is 0 Å². The van der Waals surface area contributed by atoms with Crippen molar-refractivity contribution >= 4 is 11.8 Å². The summed E-state index contributed by atoms with van der Waals surface area (Å²) in [7, 11) is 0. The lowest BCUT2D eigenvalue weighted by Crippen LogP contribution is -2.44. The Bertz CT molecular complexity index is 937. The van der Waals surface area contributed by atoms with E-state index in [1.54, 1.807) is 4.90 Å². The number of benzene rings is 2. The molecule has 0 aromatic heterocycles. The Morgan fingerprint density at radius 1 is 1.13 bits per heavy atom. The molecule has 0 radical (unpaired) electrons. The Kier molecular flexibility index (Phi) is 5.72. The molecule has 0 unspecified atom stereocenters. The molecular formula is C23H26FN3O3. The highest BCUT2D eigenvalue weighted by Gasteiger charge is 2.41. The fourth-order valence-electron chi connectivity index (χ4n) is 4.22. The molecule has 2 aliphatic rings. The topological polar surface area (TPSA) is 84.7 Å². The first-order valence-electron chi connectivity index (χ1n) is 10.3. The number of amides is 2. The van der Waals surface area contributed by atoms with Gasteiger partial charge in [-0.25, -0.2) is 4.39 Å². The van der Waals surface area contributed by atoms with E-state index in [1.165, 1.54) is 18.2 Å². The summed E-state index contributed by atoms with van der Waals surface area (Å²) in [5.41, 5.74) is 6.62. The van der Waals surface area contributed by atoms with Crippen molar-refractivity contribution in [1.82, 2.24) is 10.2 Å². The van der Waals surface area contributed by atoms with E-state index in [0.717, 1.165) is 24.8 Å². The van der Waals surface area contributed by atoms with E-state index < -0.39 is 5.82 Å². The molecule has 2 heterocycles. The molecular weight excluding hydrogens is 385 g/mol. The van der Waals surface area contributed by atoms with Crippen LogP contribution in [0.4, 0.5) is 4.39 Å². The second-order valence-corrected chi connectivity index (χ2v) is 8.17. The van der Waals surface area contributed by atoms with Crippen molar-refractivity contribution in [3.8, 4) is 11.5 Å². The predicted octanol–water partition coefficient (Wildman–Crippen LogP) is 2.86. The number of carbonyl (C=O) groups excluding carboxylic acids is 2. The first kappa shape index (κ1) is 20.3. The van der Waals surface area contributed by atoms with E-state index in [1.807, 2.05) is 24.3 Å². The SMILES string of the molecule is NCCc1ccc(Oc2ccc(F)c(C(=O)N3CCC4(CC3)CNC(=O)C4)c2)cc1. The minimum absolute atomic E-state index is 0.00354. The van der Waals surface area contributed by atoms with Crippen molar-refractivity contribution in [3.63, 3.8) is 0 Å². The maximum Gasteiger partial charge on any atom is 0.256 e. The second kappa shape index (κ2) is 8.44. The zero-order valence-electron chi connectivity index (χ0n) is 16.8. The number of hydrogen-bond donors (Lipinski definition) is 2. The summed E-state index contributed by atoms with van der Waals surface area (Å²) in [6.07, 6.45) is 2.78. The number of nitrogens with zero attached hydrogens (tertiary/aromatic N) is 1. The Hall–Kier alpha value is -2.93. The first-order valence-corrected chi connectivity index (χ1v) is 10.3. The van der Waals surface area contributed by atoms with Gasteiger partial charge in [0.05, 0.1) is 5.56 Å². The number of piperidine rings is 1. The molecule has 3 N–H and O–H groups in total. The van der Waals surface area contributed by atoms with Crippen LogP contribution >= 0.6 is 0 Å². The van der Waals surface area contributed by atoms with Crippen LogP contribution in [-0.2, 0) is 11.2 Å². The molecule has 1 spiro atoms. The number of nitrogens with one attached hydrogen (secondary N) is 1. The van der Waals surface area contributed by atoms with E-state index in [9.17, 15) is 14.0 Å². The molecule has 2 fully saturated rings. The van der Waals surface area contributed by atoms with Gasteiger partial charge < -0.3 is 20.7 Å². The first-order chi connectivity index (χ1) is 14.5. The predicted molar refractivity (Wildman–Crippen MR) is 111 cm³/mol. The summed E-state index contributed by atoms with van der Waals surface area (Å²) >= 11 is 0. The number of likely N-dealkylation sites (tertiary alicyclic amines) is 1. The van der Waals surface area contributed by atoms with E-state index in [0.29, 0.717) is 44.1 Å². The van der Waals surface area contributed by atoms with Gasteiger partial charge in [0.2, 0.25) is 5.91 Å². The lowest BCUT2D eigenvalue weighted by atomic mass is 9.77. The molecule has 2 aromatic rings. The van der Waals surface area contributed by atoms with Gasteiger partial charge in [-0.15, -0.1) is 0 Å². The van der Waals surface area contributed by atoms with Gasteiger partial charge in [-0.05, 0) is 67.1 Å². The molecule has 2 saturated heterocycles. The zero-order valence-corrected chi connectivity index (χ0v) is 16.8. The van der Waals surface area contributed by atoms with Gasteiger partial charge in [0, 0.05) is 26.1 Å². The lowest BCUT2D eigenvalue weighted by molar-refractivity contribution is -0.119. The molecule has 6 nitrogen and oxygen atoms in total. The average molecular weight is 411 g/mol.